The molecule has 0 radical (unpaired) electrons. The van der Waals surface area contributed by atoms with Crippen LogP contribution in [-0.2, 0) is 11.2 Å². The number of carbonyl (C=O) groups is 1. The molecule has 0 unspecified atom stereocenters. The fourth-order valence-electron chi connectivity index (χ4n) is 1.85. The van der Waals surface area contributed by atoms with Crippen LogP contribution in [0.4, 0.5) is 5.69 Å². The summed E-state index contributed by atoms with van der Waals surface area (Å²) in [4.78, 5) is 13.7. The molecule has 1 fully saturated rings. The summed E-state index contributed by atoms with van der Waals surface area (Å²) in [5.41, 5.74) is 7.68. The Bertz CT molecular complexity index is 385. The lowest BCUT2D eigenvalue weighted by Crippen LogP contribution is -2.28. The molecule has 0 saturated heterocycles. The molecule has 1 amide bonds. The molecule has 1 aromatic carbocycles. The highest BCUT2D eigenvalue weighted by molar-refractivity contribution is 5.77. The zero-order chi connectivity index (χ0) is 11.5. The predicted octanol–water partition coefficient (Wildman–Crippen LogP) is 1.82. The van der Waals surface area contributed by atoms with E-state index < -0.39 is 0 Å². The number of carbonyl (C=O) groups excluding carboxylic acids is 1. The predicted molar refractivity (Wildman–Crippen MR) is 65.0 cm³/mol. The molecule has 0 heterocycles. The largest absolute Gasteiger partial charge is 0.399 e. The second-order valence-corrected chi connectivity index (χ2v) is 4.43. The van der Waals surface area contributed by atoms with Crippen LogP contribution in [0.5, 0.6) is 0 Å². The molecule has 0 aromatic heterocycles. The van der Waals surface area contributed by atoms with Crippen molar-refractivity contribution in [1.29, 1.82) is 0 Å². The first-order valence-electron chi connectivity index (χ1n) is 5.77. The van der Waals surface area contributed by atoms with Crippen molar-refractivity contribution in [1.82, 2.24) is 4.90 Å². The van der Waals surface area contributed by atoms with Gasteiger partial charge in [-0.1, -0.05) is 18.2 Å². The van der Waals surface area contributed by atoms with Crippen LogP contribution in [0.15, 0.2) is 24.3 Å². The molecule has 3 nitrogen and oxygen atoms in total. The van der Waals surface area contributed by atoms with E-state index in [2.05, 4.69) is 0 Å². The average Bonchev–Trinajstić information content (AvgIpc) is 3.10. The van der Waals surface area contributed by atoms with Crippen molar-refractivity contribution in [2.24, 2.45) is 0 Å². The van der Waals surface area contributed by atoms with Crippen molar-refractivity contribution in [3.05, 3.63) is 29.8 Å². The van der Waals surface area contributed by atoms with Gasteiger partial charge in [0.05, 0.1) is 0 Å². The maximum absolute atomic E-state index is 11.8. The second-order valence-electron chi connectivity index (χ2n) is 4.43. The highest BCUT2D eigenvalue weighted by atomic mass is 16.2. The molecule has 1 aromatic rings. The van der Waals surface area contributed by atoms with E-state index in [4.69, 9.17) is 5.73 Å². The Labute approximate surface area is 96.2 Å². The van der Waals surface area contributed by atoms with Gasteiger partial charge in [0.1, 0.15) is 0 Å². The van der Waals surface area contributed by atoms with Crippen molar-refractivity contribution in [3.8, 4) is 0 Å². The molecule has 2 rings (SSSR count). The van der Waals surface area contributed by atoms with Crippen LogP contribution in [0.1, 0.15) is 24.8 Å². The fraction of sp³-hybridized carbons (Fsp3) is 0.462. The van der Waals surface area contributed by atoms with Crippen molar-refractivity contribution in [2.45, 2.75) is 31.7 Å². The smallest absolute Gasteiger partial charge is 0.222 e. The van der Waals surface area contributed by atoms with Crippen molar-refractivity contribution in [3.63, 3.8) is 0 Å². The molecule has 16 heavy (non-hydrogen) atoms. The normalized spacial score (nSPS) is 14.8. The van der Waals surface area contributed by atoms with E-state index in [0.29, 0.717) is 12.5 Å². The summed E-state index contributed by atoms with van der Waals surface area (Å²) in [5.74, 6) is 0.228. The number of hydrogen-bond donors (Lipinski definition) is 1. The molecule has 3 heteroatoms. The Morgan fingerprint density at radius 1 is 1.44 bits per heavy atom. The summed E-state index contributed by atoms with van der Waals surface area (Å²) in [5, 5.41) is 0. The van der Waals surface area contributed by atoms with Crippen molar-refractivity contribution < 1.29 is 4.79 Å². The fourth-order valence-corrected chi connectivity index (χ4v) is 1.85. The SMILES string of the molecule is CN(C(=O)CCc1ccccc1N)C1CC1. The molecule has 0 spiro atoms. The number of rotatable bonds is 4. The number of para-hydroxylation sites is 1. The number of amides is 1. The van der Waals surface area contributed by atoms with Gasteiger partial charge >= 0.3 is 0 Å². The minimum absolute atomic E-state index is 0.228. The zero-order valence-corrected chi connectivity index (χ0v) is 9.65. The standard InChI is InChI=1S/C13H18N2O/c1-15(11-7-8-11)13(16)9-6-10-4-2-3-5-12(10)14/h2-5,11H,6-9,14H2,1H3. The van der Waals surface area contributed by atoms with Gasteiger partial charge in [-0.15, -0.1) is 0 Å². The number of anilines is 1. The minimum atomic E-state index is 0.228. The lowest BCUT2D eigenvalue weighted by atomic mass is 10.1. The average molecular weight is 218 g/mol. The van der Waals surface area contributed by atoms with Gasteiger partial charge in [0.2, 0.25) is 5.91 Å². The maximum atomic E-state index is 11.8. The highest BCUT2D eigenvalue weighted by Crippen LogP contribution is 2.26. The lowest BCUT2D eigenvalue weighted by molar-refractivity contribution is -0.130. The Morgan fingerprint density at radius 3 is 2.75 bits per heavy atom. The van der Waals surface area contributed by atoms with Crippen LogP contribution in [0, 0.1) is 0 Å². The zero-order valence-electron chi connectivity index (χ0n) is 9.65. The quantitative estimate of drug-likeness (QED) is 0.784. The van der Waals surface area contributed by atoms with E-state index >= 15 is 0 Å². The molecule has 1 saturated carbocycles. The Balaban J connectivity index is 1.87. The molecule has 1 aliphatic rings. The first kappa shape index (κ1) is 11.0. The first-order valence-corrected chi connectivity index (χ1v) is 5.77. The molecular weight excluding hydrogens is 200 g/mol. The van der Waals surface area contributed by atoms with E-state index in [1.807, 2.05) is 36.2 Å². The number of hydrogen-bond acceptors (Lipinski definition) is 2. The summed E-state index contributed by atoms with van der Waals surface area (Å²) in [6.07, 6.45) is 3.62. The molecular formula is C13H18N2O. The highest BCUT2D eigenvalue weighted by Gasteiger charge is 2.29. The number of aryl methyl sites for hydroxylation is 1. The second kappa shape index (κ2) is 4.56. The van der Waals surface area contributed by atoms with Gasteiger partial charge in [0.15, 0.2) is 0 Å². The maximum Gasteiger partial charge on any atom is 0.222 e. The molecule has 0 aliphatic heterocycles. The van der Waals surface area contributed by atoms with Gasteiger partial charge in [0, 0.05) is 25.2 Å². The van der Waals surface area contributed by atoms with E-state index in [9.17, 15) is 4.79 Å². The van der Waals surface area contributed by atoms with Crippen LogP contribution in [0.3, 0.4) is 0 Å². The number of nitrogen functional groups attached to an aromatic ring is 1. The summed E-state index contributed by atoms with van der Waals surface area (Å²) < 4.78 is 0. The first-order chi connectivity index (χ1) is 7.68. The van der Waals surface area contributed by atoms with E-state index in [0.717, 1.165) is 30.5 Å². The number of benzene rings is 1. The van der Waals surface area contributed by atoms with Crippen molar-refractivity contribution in [2.75, 3.05) is 12.8 Å². The molecule has 0 atom stereocenters. The Morgan fingerprint density at radius 2 is 2.12 bits per heavy atom. The van der Waals surface area contributed by atoms with Gasteiger partial charge in [-0.2, -0.15) is 0 Å². The van der Waals surface area contributed by atoms with Crippen LogP contribution in [-0.4, -0.2) is 23.9 Å². The van der Waals surface area contributed by atoms with E-state index in [-0.39, 0.29) is 5.91 Å². The van der Waals surface area contributed by atoms with Gasteiger partial charge in [-0.05, 0) is 30.9 Å². The summed E-state index contributed by atoms with van der Waals surface area (Å²) in [6, 6.07) is 8.24. The van der Waals surface area contributed by atoms with Crippen LogP contribution in [0.2, 0.25) is 0 Å². The van der Waals surface area contributed by atoms with Crippen molar-refractivity contribution >= 4 is 11.6 Å². The Hall–Kier alpha value is -1.51. The minimum Gasteiger partial charge on any atom is -0.399 e. The van der Waals surface area contributed by atoms with Crippen LogP contribution >= 0.6 is 0 Å². The Kier molecular flexibility index (Phi) is 3.13. The monoisotopic (exact) mass is 218 g/mol. The molecule has 0 bridgehead atoms. The summed E-state index contributed by atoms with van der Waals surface area (Å²) in [7, 11) is 1.90. The van der Waals surface area contributed by atoms with Gasteiger partial charge < -0.3 is 10.6 Å². The summed E-state index contributed by atoms with van der Waals surface area (Å²) in [6.45, 7) is 0. The lowest BCUT2D eigenvalue weighted by Gasteiger charge is -2.16. The van der Waals surface area contributed by atoms with Gasteiger partial charge in [0.25, 0.3) is 0 Å². The molecule has 86 valence electrons. The molecule has 1 aliphatic carbocycles. The van der Waals surface area contributed by atoms with Gasteiger partial charge in [-0.3, -0.25) is 4.79 Å². The summed E-state index contributed by atoms with van der Waals surface area (Å²) >= 11 is 0. The van der Waals surface area contributed by atoms with Crippen LogP contribution in [0.25, 0.3) is 0 Å². The van der Waals surface area contributed by atoms with Crippen LogP contribution < -0.4 is 5.73 Å². The third-order valence-corrected chi connectivity index (χ3v) is 3.15. The number of nitrogens with two attached hydrogens (primary N) is 1. The number of nitrogens with zero attached hydrogens (tertiary/aromatic N) is 1. The third kappa shape index (κ3) is 2.54. The topological polar surface area (TPSA) is 46.3 Å². The van der Waals surface area contributed by atoms with E-state index in [1.165, 1.54) is 0 Å². The third-order valence-electron chi connectivity index (χ3n) is 3.15. The van der Waals surface area contributed by atoms with Gasteiger partial charge in [-0.25, -0.2) is 0 Å². The molecule has 2 N–H and O–H groups in total. The van der Waals surface area contributed by atoms with E-state index in [1.54, 1.807) is 0 Å².